The number of hydrogen-bond donors (Lipinski definition) is 1. The first kappa shape index (κ1) is 17.0. The van der Waals surface area contributed by atoms with Gasteiger partial charge in [0.1, 0.15) is 11.4 Å². The first-order valence-electron chi connectivity index (χ1n) is 9.78. The third-order valence-corrected chi connectivity index (χ3v) is 5.71. The number of pyridine rings is 1. The molecule has 1 N–H and O–H groups in total. The predicted molar refractivity (Wildman–Crippen MR) is 108 cm³/mol. The minimum atomic E-state index is -0.167. The van der Waals surface area contributed by atoms with Gasteiger partial charge in [0.2, 0.25) is 5.95 Å². The van der Waals surface area contributed by atoms with E-state index in [4.69, 9.17) is 4.74 Å². The molecule has 142 valence electrons. The van der Waals surface area contributed by atoms with Gasteiger partial charge in [-0.15, -0.1) is 0 Å². The van der Waals surface area contributed by atoms with Gasteiger partial charge in [0.15, 0.2) is 0 Å². The van der Waals surface area contributed by atoms with Crippen LogP contribution < -0.4 is 15.0 Å². The van der Waals surface area contributed by atoms with E-state index in [1.807, 2.05) is 24.4 Å². The third-order valence-electron chi connectivity index (χ3n) is 5.71. The molecule has 5 rings (SSSR count). The molecule has 6 heteroatoms. The highest BCUT2D eigenvalue weighted by atomic mass is 16.5. The molecule has 2 aliphatic heterocycles. The lowest BCUT2D eigenvalue weighted by molar-refractivity contribution is 0.0153. The van der Waals surface area contributed by atoms with E-state index >= 15 is 0 Å². The van der Waals surface area contributed by atoms with E-state index in [1.165, 1.54) is 5.56 Å². The van der Waals surface area contributed by atoms with Gasteiger partial charge in [-0.1, -0.05) is 18.2 Å². The number of anilines is 2. The maximum atomic E-state index is 6.59. The topological polar surface area (TPSA) is 63.2 Å². The second-order valence-corrected chi connectivity index (χ2v) is 7.50. The average Bonchev–Trinajstić information content (AvgIpc) is 2.76. The Bertz CT molecular complexity index is 926. The zero-order valence-electron chi connectivity index (χ0n) is 15.7. The Morgan fingerprint density at radius 3 is 2.57 bits per heavy atom. The molecule has 2 aromatic heterocycles. The summed E-state index contributed by atoms with van der Waals surface area (Å²) in [6.45, 7) is 1.79. The Labute approximate surface area is 164 Å². The molecule has 1 spiro atoms. The second-order valence-electron chi connectivity index (χ2n) is 7.50. The lowest BCUT2D eigenvalue weighted by atomic mass is 9.80. The van der Waals surface area contributed by atoms with Crippen LogP contribution in [0.25, 0.3) is 0 Å². The summed E-state index contributed by atoms with van der Waals surface area (Å²) in [7, 11) is 0. The van der Waals surface area contributed by atoms with Crippen LogP contribution in [0.3, 0.4) is 0 Å². The van der Waals surface area contributed by atoms with Crippen molar-refractivity contribution in [2.45, 2.75) is 30.9 Å². The normalized spacial score (nSPS) is 20.3. The average molecular weight is 373 g/mol. The van der Waals surface area contributed by atoms with E-state index in [1.54, 1.807) is 18.6 Å². The summed E-state index contributed by atoms with van der Waals surface area (Å²) in [5, 5.41) is 3.67. The number of nitrogens with one attached hydrogen (secondary N) is 1. The minimum absolute atomic E-state index is 0.167. The van der Waals surface area contributed by atoms with Crippen LogP contribution in [-0.2, 0) is 0 Å². The highest BCUT2D eigenvalue weighted by molar-refractivity contribution is 5.48. The van der Waals surface area contributed by atoms with Crippen LogP contribution >= 0.6 is 0 Å². The SMILES string of the molecule is c1cnc(N2CCC3(CC2)C[C@H](Nc2cccnc2)c2ccccc2O3)nc1. The molecule has 6 nitrogen and oxygen atoms in total. The number of piperidine rings is 1. The molecule has 0 saturated carbocycles. The summed E-state index contributed by atoms with van der Waals surface area (Å²) in [6.07, 6.45) is 10.1. The van der Waals surface area contributed by atoms with Crippen LogP contribution in [0.15, 0.2) is 67.3 Å². The Kier molecular flexibility index (Phi) is 4.31. The summed E-state index contributed by atoms with van der Waals surface area (Å²) in [6, 6.07) is 14.4. The number of nitrogens with zero attached hydrogens (tertiary/aromatic N) is 4. The van der Waals surface area contributed by atoms with Crippen molar-refractivity contribution in [3.8, 4) is 5.75 Å². The monoisotopic (exact) mass is 373 g/mol. The molecule has 1 saturated heterocycles. The van der Waals surface area contributed by atoms with Gasteiger partial charge in [0.05, 0.1) is 11.7 Å². The molecular weight excluding hydrogens is 350 g/mol. The summed E-state index contributed by atoms with van der Waals surface area (Å²) in [5.41, 5.74) is 2.08. The van der Waals surface area contributed by atoms with Crippen LogP contribution in [-0.4, -0.2) is 33.6 Å². The van der Waals surface area contributed by atoms with E-state index in [0.717, 1.165) is 49.7 Å². The molecular formula is C22H23N5O. The molecule has 1 fully saturated rings. The highest BCUT2D eigenvalue weighted by Gasteiger charge is 2.43. The zero-order chi connectivity index (χ0) is 18.8. The maximum absolute atomic E-state index is 6.59. The van der Waals surface area contributed by atoms with Gasteiger partial charge in [0, 0.05) is 62.7 Å². The molecule has 0 aliphatic carbocycles. The lowest BCUT2D eigenvalue weighted by Crippen LogP contribution is -2.51. The number of aromatic nitrogens is 3. The van der Waals surface area contributed by atoms with Gasteiger partial charge in [-0.25, -0.2) is 9.97 Å². The van der Waals surface area contributed by atoms with Crippen molar-refractivity contribution in [1.29, 1.82) is 0 Å². The maximum Gasteiger partial charge on any atom is 0.225 e. The largest absolute Gasteiger partial charge is 0.487 e. The molecule has 4 heterocycles. The van der Waals surface area contributed by atoms with Crippen LogP contribution in [0.1, 0.15) is 30.9 Å². The fraction of sp³-hybridized carbons (Fsp3) is 0.318. The second kappa shape index (κ2) is 7.11. The van der Waals surface area contributed by atoms with E-state index in [0.29, 0.717) is 0 Å². The predicted octanol–water partition coefficient (Wildman–Crippen LogP) is 3.85. The Balaban J connectivity index is 1.38. The number of para-hydroxylation sites is 1. The van der Waals surface area contributed by atoms with Crippen LogP contribution in [0.4, 0.5) is 11.6 Å². The molecule has 0 amide bonds. The van der Waals surface area contributed by atoms with Gasteiger partial charge in [-0.05, 0) is 24.3 Å². The van der Waals surface area contributed by atoms with E-state index < -0.39 is 0 Å². The van der Waals surface area contributed by atoms with Crippen molar-refractivity contribution >= 4 is 11.6 Å². The number of ether oxygens (including phenoxy) is 1. The smallest absolute Gasteiger partial charge is 0.225 e. The molecule has 0 radical (unpaired) electrons. The Morgan fingerprint density at radius 2 is 1.79 bits per heavy atom. The van der Waals surface area contributed by atoms with Gasteiger partial charge in [-0.3, -0.25) is 4.98 Å². The Hall–Kier alpha value is -3.15. The van der Waals surface area contributed by atoms with Gasteiger partial charge < -0.3 is 15.0 Å². The standard InChI is InChI=1S/C22H23N5O/c1-2-7-20-18(6-1)19(26-17-5-3-10-23-16-17)15-22(28-20)8-13-27(14-9-22)21-24-11-4-12-25-21/h1-7,10-12,16,19,26H,8-9,13-15H2/t19-/m0/s1. The minimum Gasteiger partial charge on any atom is -0.487 e. The molecule has 0 bridgehead atoms. The van der Waals surface area contributed by atoms with Crippen molar-refractivity contribution in [3.63, 3.8) is 0 Å². The molecule has 28 heavy (non-hydrogen) atoms. The highest BCUT2D eigenvalue weighted by Crippen LogP contribution is 2.45. The molecule has 3 aromatic rings. The molecule has 0 unspecified atom stereocenters. The van der Waals surface area contributed by atoms with E-state index in [-0.39, 0.29) is 11.6 Å². The van der Waals surface area contributed by atoms with Crippen LogP contribution in [0.2, 0.25) is 0 Å². The summed E-state index contributed by atoms with van der Waals surface area (Å²) < 4.78 is 6.59. The fourth-order valence-corrected chi connectivity index (χ4v) is 4.27. The molecule has 1 atom stereocenters. The van der Waals surface area contributed by atoms with Crippen LogP contribution in [0.5, 0.6) is 5.75 Å². The fourth-order valence-electron chi connectivity index (χ4n) is 4.27. The van der Waals surface area contributed by atoms with Gasteiger partial charge in [-0.2, -0.15) is 0 Å². The van der Waals surface area contributed by atoms with Gasteiger partial charge in [0.25, 0.3) is 0 Å². The van der Waals surface area contributed by atoms with Crippen molar-refractivity contribution in [1.82, 2.24) is 15.0 Å². The number of rotatable bonds is 3. The first-order chi connectivity index (χ1) is 13.8. The number of hydrogen-bond acceptors (Lipinski definition) is 6. The number of benzene rings is 1. The van der Waals surface area contributed by atoms with Crippen molar-refractivity contribution in [2.24, 2.45) is 0 Å². The zero-order valence-corrected chi connectivity index (χ0v) is 15.7. The van der Waals surface area contributed by atoms with Crippen LogP contribution in [0, 0.1) is 0 Å². The summed E-state index contributed by atoms with van der Waals surface area (Å²) >= 11 is 0. The first-order valence-corrected chi connectivity index (χ1v) is 9.78. The quantitative estimate of drug-likeness (QED) is 0.752. The number of fused-ring (bicyclic) bond motifs is 1. The summed E-state index contributed by atoms with van der Waals surface area (Å²) in [5.74, 6) is 1.79. The molecule has 1 aromatic carbocycles. The third kappa shape index (κ3) is 3.26. The van der Waals surface area contributed by atoms with Crippen molar-refractivity contribution < 1.29 is 4.74 Å². The Morgan fingerprint density at radius 1 is 0.964 bits per heavy atom. The lowest BCUT2D eigenvalue weighted by Gasteiger charge is -2.47. The van der Waals surface area contributed by atoms with Gasteiger partial charge >= 0.3 is 0 Å². The summed E-state index contributed by atoms with van der Waals surface area (Å²) in [4.78, 5) is 15.3. The van der Waals surface area contributed by atoms with E-state index in [2.05, 4.69) is 49.4 Å². The van der Waals surface area contributed by atoms with Crippen molar-refractivity contribution in [2.75, 3.05) is 23.3 Å². The van der Waals surface area contributed by atoms with Crippen molar-refractivity contribution in [3.05, 3.63) is 72.8 Å². The molecule has 2 aliphatic rings. The van der Waals surface area contributed by atoms with E-state index in [9.17, 15) is 0 Å².